The Morgan fingerprint density at radius 3 is 2.64 bits per heavy atom. The van der Waals surface area contributed by atoms with E-state index in [1.807, 2.05) is 44.2 Å². The van der Waals surface area contributed by atoms with Crippen LogP contribution in [-0.2, 0) is 30.4 Å². The van der Waals surface area contributed by atoms with Crippen molar-refractivity contribution in [2.45, 2.75) is 62.4 Å². The highest BCUT2D eigenvalue weighted by atomic mass is 79.9. The summed E-state index contributed by atoms with van der Waals surface area (Å²) in [5.74, 6) is -2.89. The molecule has 3 heterocycles. The molecule has 196 valence electrons. The van der Waals surface area contributed by atoms with Crippen LogP contribution in [0.3, 0.4) is 0 Å². The van der Waals surface area contributed by atoms with Crippen LogP contribution in [0.2, 0.25) is 0 Å². The lowest BCUT2D eigenvalue weighted by Gasteiger charge is -2.40. The predicted molar refractivity (Wildman–Crippen MR) is 137 cm³/mol. The molecule has 4 rings (SSSR count). The quantitative estimate of drug-likeness (QED) is 0.267. The van der Waals surface area contributed by atoms with E-state index in [9.17, 15) is 19.5 Å². The van der Waals surface area contributed by atoms with E-state index in [0.29, 0.717) is 13.0 Å². The van der Waals surface area contributed by atoms with Gasteiger partial charge in [0.15, 0.2) is 0 Å². The highest BCUT2D eigenvalue weighted by Crippen LogP contribution is 2.61. The smallest absolute Gasteiger partial charge is 0.312 e. The topological polar surface area (TPSA) is 96.4 Å². The third-order valence-electron chi connectivity index (χ3n) is 7.71. The second-order valence-electron chi connectivity index (χ2n) is 10.1. The molecule has 1 aromatic carbocycles. The maximum absolute atomic E-state index is 14.4. The van der Waals surface area contributed by atoms with Gasteiger partial charge in [-0.05, 0) is 24.8 Å². The molecule has 3 unspecified atom stereocenters. The summed E-state index contributed by atoms with van der Waals surface area (Å²) in [6.07, 6.45) is 1.49. The SMILES string of the molecule is C=CCN(Cc1ccccc1)C(=O)C1N([C@@H](CO)C(C)C)C(=O)[C@@H]2[C@@H](C(=O)OCC)[C@@H]3OC12CC3Br. The van der Waals surface area contributed by atoms with Gasteiger partial charge >= 0.3 is 5.97 Å². The van der Waals surface area contributed by atoms with Gasteiger partial charge in [0, 0.05) is 17.9 Å². The Bertz CT molecular complexity index is 1000. The molecule has 3 saturated heterocycles. The fourth-order valence-corrected chi connectivity index (χ4v) is 7.14. The third-order valence-corrected chi connectivity index (χ3v) is 8.56. The summed E-state index contributed by atoms with van der Waals surface area (Å²) in [6.45, 7) is 9.85. The molecule has 0 aliphatic carbocycles. The minimum Gasteiger partial charge on any atom is -0.466 e. The number of carbonyl (C=O) groups is 3. The lowest BCUT2D eigenvalue weighted by atomic mass is 9.70. The van der Waals surface area contributed by atoms with Gasteiger partial charge in [0.1, 0.15) is 11.6 Å². The number of alkyl halides is 1. The van der Waals surface area contributed by atoms with Gasteiger partial charge in [-0.1, -0.05) is 66.2 Å². The minimum atomic E-state index is -1.19. The number of benzene rings is 1. The number of esters is 1. The van der Waals surface area contributed by atoms with Gasteiger partial charge < -0.3 is 24.4 Å². The molecular weight excluding hydrogens is 528 g/mol. The molecule has 3 fully saturated rings. The molecule has 7 atom stereocenters. The fraction of sp³-hybridized carbons (Fsp3) is 0.593. The first-order valence-corrected chi connectivity index (χ1v) is 13.5. The number of hydrogen-bond donors (Lipinski definition) is 1. The van der Waals surface area contributed by atoms with Crippen molar-refractivity contribution >= 4 is 33.7 Å². The van der Waals surface area contributed by atoms with Crippen LogP contribution in [0.1, 0.15) is 32.8 Å². The average Bonchev–Trinajstić information content (AvgIpc) is 3.43. The molecule has 2 bridgehead atoms. The summed E-state index contributed by atoms with van der Waals surface area (Å²) < 4.78 is 11.8. The number of rotatable bonds is 10. The van der Waals surface area contributed by atoms with Crippen LogP contribution < -0.4 is 0 Å². The van der Waals surface area contributed by atoms with Crippen molar-refractivity contribution in [1.29, 1.82) is 0 Å². The van der Waals surface area contributed by atoms with E-state index in [0.717, 1.165) is 5.56 Å². The monoisotopic (exact) mass is 562 g/mol. The third kappa shape index (κ3) is 4.29. The van der Waals surface area contributed by atoms with E-state index in [-0.39, 0.29) is 42.3 Å². The van der Waals surface area contributed by atoms with Gasteiger partial charge in [0.25, 0.3) is 0 Å². The molecule has 2 amide bonds. The normalized spacial score (nSPS) is 31.4. The van der Waals surface area contributed by atoms with Crippen molar-refractivity contribution in [3.8, 4) is 0 Å². The number of aliphatic hydroxyl groups is 1. The van der Waals surface area contributed by atoms with E-state index in [2.05, 4.69) is 22.5 Å². The maximum Gasteiger partial charge on any atom is 0.312 e. The number of halogens is 1. The molecule has 8 nitrogen and oxygen atoms in total. The zero-order chi connectivity index (χ0) is 26.2. The van der Waals surface area contributed by atoms with E-state index < -0.39 is 41.6 Å². The summed E-state index contributed by atoms with van der Waals surface area (Å²) in [7, 11) is 0. The largest absolute Gasteiger partial charge is 0.466 e. The standard InChI is InChI=1S/C27H35BrN2O6/c1-5-12-29(14-17-10-8-7-9-11-17)25(33)23-27-13-18(28)22(36-27)20(26(34)35-6-2)21(27)24(32)30(23)19(15-31)16(3)4/h5,7-11,16,18-23,31H,1,6,12-15H2,2-4H3/t18?,19-,20+,21-,22+,23?,27?/m0/s1. The molecule has 36 heavy (non-hydrogen) atoms. The maximum atomic E-state index is 14.4. The molecule has 3 aliphatic rings. The fourth-order valence-electron chi connectivity index (χ4n) is 6.20. The van der Waals surface area contributed by atoms with Crippen molar-refractivity contribution in [3.63, 3.8) is 0 Å². The molecule has 0 aromatic heterocycles. The summed E-state index contributed by atoms with van der Waals surface area (Å²) in [5, 5.41) is 10.3. The summed E-state index contributed by atoms with van der Waals surface area (Å²) in [6, 6.07) is 8.03. The van der Waals surface area contributed by atoms with Crippen molar-refractivity contribution in [1.82, 2.24) is 9.80 Å². The van der Waals surface area contributed by atoms with Crippen LogP contribution in [0.25, 0.3) is 0 Å². The zero-order valence-electron chi connectivity index (χ0n) is 21.0. The van der Waals surface area contributed by atoms with Crippen molar-refractivity contribution in [3.05, 3.63) is 48.6 Å². The minimum absolute atomic E-state index is 0.121. The highest BCUT2D eigenvalue weighted by molar-refractivity contribution is 9.09. The zero-order valence-corrected chi connectivity index (χ0v) is 22.6. The van der Waals surface area contributed by atoms with E-state index >= 15 is 0 Å². The highest BCUT2D eigenvalue weighted by Gasteiger charge is 2.77. The molecule has 0 saturated carbocycles. The van der Waals surface area contributed by atoms with Gasteiger partial charge in [-0.3, -0.25) is 14.4 Å². The van der Waals surface area contributed by atoms with Crippen LogP contribution in [0, 0.1) is 17.8 Å². The van der Waals surface area contributed by atoms with Gasteiger partial charge in [0.2, 0.25) is 11.8 Å². The van der Waals surface area contributed by atoms with Crippen LogP contribution in [0.15, 0.2) is 43.0 Å². The summed E-state index contributed by atoms with van der Waals surface area (Å²) in [5.41, 5.74) is -0.248. The van der Waals surface area contributed by atoms with E-state index in [1.165, 1.54) is 4.90 Å². The lowest BCUT2D eigenvalue weighted by Crippen LogP contribution is -2.59. The summed E-state index contributed by atoms with van der Waals surface area (Å²) >= 11 is 3.65. The number of aliphatic hydroxyl groups excluding tert-OH is 1. The molecule has 1 aromatic rings. The first kappa shape index (κ1) is 26.8. The molecule has 9 heteroatoms. The van der Waals surface area contributed by atoms with E-state index in [4.69, 9.17) is 9.47 Å². The second kappa shape index (κ2) is 10.6. The Morgan fingerprint density at radius 2 is 2.06 bits per heavy atom. The number of likely N-dealkylation sites (tertiary alicyclic amines) is 1. The number of ether oxygens (including phenoxy) is 2. The van der Waals surface area contributed by atoms with Crippen molar-refractivity contribution in [2.24, 2.45) is 17.8 Å². The number of fused-ring (bicyclic) bond motifs is 1. The van der Waals surface area contributed by atoms with Crippen LogP contribution >= 0.6 is 15.9 Å². The Morgan fingerprint density at radius 1 is 1.36 bits per heavy atom. The Hall–Kier alpha value is -2.23. The second-order valence-corrected chi connectivity index (χ2v) is 11.3. The number of amides is 2. The van der Waals surface area contributed by atoms with Crippen LogP contribution in [0.5, 0.6) is 0 Å². The van der Waals surface area contributed by atoms with E-state index in [1.54, 1.807) is 17.9 Å². The molecular formula is C27H35BrN2O6. The predicted octanol–water partition coefficient (Wildman–Crippen LogP) is 2.53. The molecule has 1 N–H and O–H groups in total. The van der Waals surface area contributed by atoms with Gasteiger partial charge in [-0.25, -0.2) is 0 Å². The van der Waals surface area contributed by atoms with Crippen molar-refractivity contribution < 1.29 is 29.0 Å². The first-order valence-electron chi connectivity index (χ1n) is 12.6. The average molecular weight is 563 g/mol. The molecule has 3 aliphatic heterocycles. The number of carbonyl (C=O) groups excluding carboxylic acids is 3. The van der Waals surface area contributed by atoms with Crippen LogP contribution in [0.4, 0.5) is 0 Å². The van der Waals surface area contributed by atoms with Gasteiger partial charge in [-0.2, -0.15) is 0 Å². The van der Waals surface area contributed by atoms with Gasteiger partial charge in [0.05, 0.1) is 37.2 Å². The first-order chi connectivity index (χ1) is 17.2. The van der Waals surface area contributed by atoms with Gasteiger partial charge in [-0.15, -0.1) is 6.58 Å². The Balaban J connectivity index is 1.80. The molecule has 0 radical (unpaired) electrons. The Kier molecular flexibility index (Phi) is 7.92. The molecule has 1 spiro atoms. The lowest BCUT2D eigenvalue weighted by molar-refractivity contribution is -0.156. The number of nitrogens with zero attached hydrogens (tertiary/aromatic N) is 2. The van der Waals surface area contributed by atoms with Crippen LogP contribution in [-0.4, -0.2) is 81.1 Å². The Labute approximate surface area is 220 Å². The number of hydrogen-bond acceptors (Lipinski definition) is 6. The summed E-state index contributed by atoms with van der Waals surface area (Å²) in [4.78, 5) is 44.4. The van der Waals surface area contributed by atoms with Crippen molar-refractivity contribution in [2.75, 3.05) is 19.8 Å².